The van der Waals surface area contributed by atoms with Crippen LogP contribution in [0.15, 0.2) is 46.2 Å². The van der Waals surface area contributed by atoms with Gasteiger partial charge in [0.1, 0.15) is 22.7 Å². The zero-order valence-corrected chi connectivity index (χ0v) is 20.0. The molecule has 3 atom stereocenters. The lowest BCUT2D eigenvalue weighted by Crippen LogP contribution is -2.53. The number of ether oxygens (including phenoxy) is 1. The molecule has 2 aromatic rings. The van der Waals surface area contributed by atoms with Gasteiger partial charge >= 0.3 is 6.09 Å². The maximum Gasteiger partial charge on any atom is 0.413 e. The second-order valence-electron chi connectivity index (χ2n) is 8.08. The topological polar surface area (TPSA) is 140 Å². The number of rotatable bonds is 7. The molecule has 0 spiro atoms. The Morgan fingerprint density at radius 1 is 1.38 bits per heavy atom. The summed E-state index contributed by atoms with van der Waals surface area (Å²) in [6.45, 7) is 1.64. The molecule has 2 amide bonds. The molecule has 13 heteroatoms. The van der Waals surface area contributed by atoms with E-state index < -0.39 is 45.9 Å². The van der Waals surface area contributed by atoms with Crippen molar-refractivity contribution in [3.05, 3.63) is 46.6 Å². The van der Waals surface area contributed by atoms with Crippen LogP contribution < -0.4 is 14.8 Å². The van der Waals surface area contributed by atoms with E-state index in [2.05, 4.69) is 5.32 Å². The van der Waals surface area contributed by atoms with Crippen LogP contribution in [0.1, 0.15) is 26.2 Å². The molecule has 0 bridgehead atoms. The lowest BCUT2D eigenvalue weighted by molar-refractivity contribution is -0.607. The number of hydrogen-bond donors (Lipinski definition) is 1. The number of likely N-dealkylation sites (tertiary alicyclic amines) is 1. The number of nitrogens with one attached hydrogen (secondary N) is 1. The molecule has 2 fully saturated rings. The average molecular weight is 509 g/mol. The van der Waals surface area contributed by atoms with Crippen LogP contribution in [0.5, 0.6) is 5.75 Å². The zero-order chi connectivity index (χ0) is 24.5. The summed E-state index contributed by atoms with van der Waals surface area (Å²) in [4.78, 5) is 39.6. The third kappa shape index (κ3) is 4.63. The second kappa shape index (κ2) is 9.68. The molecule has 2 aliphatic rings. The largest absolute Gasteiger partial charge is 0.619 e. The number of Topliss-reactive ketones (excluding diaryl/α,β-unsaturated/α-hetero) is 1. The van der Waals surface area contributed by atoms with Crippen LogP contribution in [0.3, 0.4) is 0 Å². The number of amides is 2. The summed E-state index contributed by atoms with van der Waals surface area (Å²) < 4.78 is 32.9. The molecule has 0 aliphatic carbocycles. The van der Waals surface area contributed by atoms with Crippen molar-refractivity contribution in [1.82, 2.24) is 14.5 Å². The van der Waals surface area contributed by atoms with E-state index in [1.54, 1.807) is 16.8 Å². The Balaban J connectivity index is 1.50. The number of carbonyl (C=O) groups excluding carboxylic acids is 3. The number of carbonyl (C=O) groups is 3. The highest BCUT2D eigenvalue weighted by Crippen LogP contribution is 2.34. The molecule has 0 saturated carbocycles. The molecule has 182 valence electrons. The third-order valence-corrected chi connectivity index (χ3v) is 8.40. The molecule has 0 aromatic carbocycles. The molecular weight excluding hydrogens is 484 g/mol. The first-order valence-corrected chi connectivity index (χ1v) is 13.1. The standard InChI is InChI=1S/C21H24N4O7S2/c1-2-4-16(22-21(28)32-14-7-10-33-13-14)20(27)24-9-6-17-19(24)18(26)12-25(17)34(30,31)15-5-3-8-23(29)11-15/h3,5,7-8,10-11,13,16-17,19H,2,4,6,9,12H2,1H3,(H,22,28). The molecule has 4 heterocycles. The first-order chi connectivity index (χ1) is 16.2. The van der Waals surface area contributed by atoms with E-state index in [0.29, 0.717) is 23.3 Å². The summed E-state index contributed by atoms with van der Waals surface area (Å²) in [6.07, 6.45) is 2.51. The Hall–Kier alpha value is -3.03. The number of fused-ring (bicyclic) bond motifs is 1. The van der Waals surface area contributed by atoms with Gasteiger partial charge in [0.15, 0.2) is 18.2 Å². The number of aromatic nitrogens is 1. The van der Waals surface area contributed by atoms with Crippen molar-refractivity contribution in [2.75, 3.05) is 13.1 Å². The smallest absolute Gasteiger partial charge is 0.413 e. The van der Waals surface area contributed by atoms with Crippen LogP contribution >= 0.6 is 11.3 Å². The number of thiophene rings is 1. The summed E-state index contributed by atoms with van der Waals surface area (Å²) in [5.41, 5.74) is 0. The lowest BCUT2D eigenvalue weighted by Gasteiger charge is -2.28. The predicted molar refractivity (Wildman–Crippen MR) is 120 cm³/mol. The molecule has 4 rings (SSSR count). The van der Waals surface area contributed by atoms with E-state index in [1.165, 1.54) is 28.4 Å². The summed E-state index contributed by atoms with van der Waals surface area (Å²) >= 11 is 1.36. The third-order valence-electron chi connectivity index (χ3n) is 5.89. The van der Waals surface area contributed by atoms with Crippen molar-refractivity contribution >= 4 is 39.1 Å². The number of hydrogen-bond acceptors (Lipinski definition) is 8. The summed E-state index contributed by atoms with van der Waals surface area (Å²) in [7, 11) is -4.11. The van der Waals surface area contributed by atoms with Crippen LogP contribution in [0.4, 0.5) is 4.79 Å². The van der Waals surface area contributed by atoms with Gasteiger partial charge in [-0.3, -0.25) is 9.59 Å². The monoisotopic (exact) mass is 508 g/mol. The van der Waals surface area contributed by atoms with Crippen LogP contribution in [-0.2, 0) is 19.6 Å². The zero-order valence-electron chi connectivity index (χ0n) is 18.3. The SMILES string of the molecule is CCCC(NC(=O)Oc1ccsc1)C(=O)N1CCC2C1C(=O)CN2S(=O)(=O)c1ccc[n+]([O-])c1. The van der Waals surface area contributed by atoms with Crippen LogP contribution in [-0.4, -0.2) is 66.6 Å². The van der Waals surface area contributed by atoms with Crippen LogP contribution in [0.25, 0.3) is 0 Å². The normalized spacial score (nSPS) is 21.3. The highest BCUT2D eigenvalue weighted by molar-refractivity contribution is 7.89. The summed E-state index contributed by atoms with van der Waals surface area (Å²) in [5, 5.41) is 17.5. The number of sulfonamides is 1. The van der Waals surface area contributed by atoms with E-state index >= 15 is 0 Å². The lowest BCUT2D eigenvalue weighted by atomic mass is 10.1. The fourth-order valence-corrected chi connectivity index (χ4v) is 6.58. The Morgan fingerprint density at radius 3 is 2.85 bits per heavy atom. The van der Waals surface area contributed by atoms with Crippen LogP contribution in [0.2, 0.25) is 0 Å². The first kappa shape index (κ1) is 24.1. The fourth-order valence-electron chi connectivity index (χ4n) is 4.40. The molecule has 2 aliphatic heterocycles. The van der Waals surface area contributed by atoms with Gasteiger partial charge in [-0.05, 0) is 30.4 Å². The highest BCUT2D eigenvalue weighted by Gasteiger charge is 2.54. The Kier molecular flexibility index (Phi) is 6.86. The summed E-state index contributed by atoms with van der Waals surface area (Å²) in [6, 6.07) is 1.64. The Bertz CT molecular complexity index is 1190. The first-order valence-electron chi connectivity index (χ1n) is 10.8. The van der Waals surface area contributed by atoms with E-state index in [-0.39, 0.29) is 24.4 Å². The van der Waals surface area contributed by atoms with Gasteiger partial charge < -0.3 is 20.2 Å². The van der Waals surface area contributed by atoms with Gasteiger partial charge in [-0.25, -0.2) is 13.2 Å². The number of ketones is 1. The van der Waals surface area contributed by atoms with Crippen molar-refractivity contribution in [2.24, 2.45) is 0 Å². The van der Waals surface area contributed by atoms with Crippen molar-refractivity contribution in [2.45, 2.75) is 49.2 Å². The second-order valence-corrected chi connectivity index (χ2v) is 10.8. The number of pyridine rings is 1. The van der Waals surface area contributed by atoms with Gasteiger partial charge in [0.05, 0.1) is 12.6 Å². The van der Waals surface area contributed by atoms with E-state index in [4.69, 9.17) is 4.74 Å². The average Bonchev–Trinajstić information content (AvgIpc) is 3.52. The van der Waals surface area contributed by atoms with Crippen LogP contribution in [0, 0.1) is 5.21 Å². The minimum absolute atomic E-state index is 0.170. The molecule has 11 nitrogen and oxygen atoms in total. The van der Waals surface area contributed by atoms with Gasteiger partial charge in [-0.15, -0.1) is 11.3 Å². The summed E-state index contributed by atoms with van der Waals surface area (Å²) in [5.74, 6) is -0.499. The van der Waals surface area contributed by atoms with Gasteiger partial charge in [-0.1, -0.05) is 13.3 Å². The van der Waals surface area contributed by atoms with Crippen molar-refractivity contribution in [3.63, 3.8) is 0 Å². The minimum Gasteiger partial charge on any atom is -0.619 e. The molecule has 2 aromatic heterocycles. The molecule has 34 heavy (non-hydrogen) atoms. The van der Waals surface area contributed by atoms with E-state index in [1.807, 2.05) is 6.92 Å². The van der Waals surface area contributed by atoms with Crippen molar-refractivity contribution < 1.29 is 32.3 Å². The minimum atomic E-state index is -4.11. The van der Waals surface area contributed by atoms with Gasteiger partial charge in [-0.2, -0.15) is 9.04 Å². The molecule has 3 unspecified atom stereocenters. The fraction of sp³-hybridized carbons (Fsp3) is 0.429. The van der Waals surface area contributed by atoms with E-state index in [9.17, 15) is 28.0 Å². The molecule has 1 N–H and O–H groups in total. The van der Waals surface area contributed by atoms with Gasteiger partial charge in [0.25, 0.3) is 0 Å². The van der Waals surface area contributed by atoms with Crippen molar-refractivity contribution in [3.8, 4) is 5.75 Å². The molecule has 0 radical (unpaired) electrons. The molecule has 2 saturated heterocycles. The van der Waals surface area contributed by atoms with E-state index in [0.717, 1.165) is 16.7 Å². The quantitative estimate of drug-likeness (QED) is 0.432. The Labute approximate surface area is 200 Å². The van der Waals surface area contributed by atoms with Gasteiger partial charge in [0.2, 0.25) is 15.9 Å². The maximum atomic E-state index is 13.3. The predicted octanol–water partition coefficient (Wildman–Crippen LogP) is 0.882. The highest BCUT2D eigenvalue weighted by atomic mass is 32.2. The molecular formula is C21H24N4O7S2. The maximum absolute atomic E-state index is 13.3. The number of nitrogens with zero attached hydrogens (tertiary/aromatic N) is 3. The van der Waals surface area contributed by atoms with Crippen molar-refractivity contribution in [1.29, 1.82) is 0 Å². The van der Waals surface area contributed by atoms with Gasteiger partial charge in [0, 0.05) is 18.0 Å². The Morgan fingerprint density at radius 2 is 2.18 bits per heavy atom.